The summed E-state index contributed by atoms with van der Waals surface area (Å²) in [7, 11) is 3.05. The molecule has 0 aliphatic rings. The van der Waals surface area contributed by atoms with Gasteiger partial charge in [0.2, 0.25) is 0 Å². The Morgan fingerprint density at radius 1 is 1.50 bits per heavy atom. The van der Waals surface area contributed by atoms with Gasteiger partial charge >= 0.3 is 0 Å². The van der Waals surface area contributed by atoms with E-state index in [-0.39, 0.29) is 11.4 Å². The van der Waals surface area contributed by atoms with Crippen LogP contribution in [0.2, 0.25) is 0 Å². The number of halogens is 1. The monoisotopic (exact) mass is 283 g/mol. The van der Waals surface area contributed by atoms with E-state index in [4.69, 9.17) is 21.8 Å². The van der Waals surface area contributed by atoms with E-state index in [1.807, 2.05) is 0 Å². The molecule has 18 heavy (non-hydrogen) atoms. The molecule has 1 heterocycles. The molecule has 4 nitrogen and oxygen atoms in total. The molecule has 2 aromatic rings. The fraction of sp³-hybridized carbons (Fsp3) is 0.167. The van der Waals surface area contributed by atoms with E-state index in [1.165, 1.54) is 13.3 Å². The first-order chi connectivity index (χ1) is 8.49. The average Bonchev–Trinajstić information content (AvgIpc) is 2.68. The van der Waals surface area contributed by atoms with E-state index in [0.717, 1.165) is 0 Å². The standard InChI is InChI=1S/C12H10ClNO3S/c1-3-7-14-8-11(18(13,15)16)12-9(14)5-4-6-10(12)17-2/h1,4-6,8H,7H2,2H3. The summed E-state index contributed by atoms with van der Waals surface area (Å²) in [5.74, 6) is 2.91. The average molecular weight is 284 g/mol. The number of methoxy groups -OCH3 is 1. The minimum absolute atomic E-state index is 0.00636. The summed E-state index contributed by atoms with van der Waals surface area (Å²) >= 11 is 0. The summed E-state index contributed by atoms with van der Waals surface area (Å²) < 4.78 is 30.0. The molecule has 0 atom stereocenters. The summed E-state index contributed by atoms with van der Waals surface area (Å²) in [6, 6.07) is 5.20. The molecule has 0 spiro atoms. The van der Waals surface area contributed by atoms with Crippen LogP contribution in [0.3, 0.4) is 0 Å². The van der Waals surface area contributed by atoms with Crippen LogP contribution < -0.4 is 4.74 Å². The minimum atomic E-state index is -3.86. The van der Waals surface area contributed by atoms with Crippen LogP contribution in [0.1, 0.15) is 0 Å². The minimum Gasteiger partial charge on any atom is -0.496 e. The molecule has 0 bridgehead atoms. The van der Waals surface area contributed by atoms with Crippen LogP contribution in [0.25, 0.3) is 10.9 Å². The predicted octanol–water partition coefficient (Wildman–Crippen LogP) is 2.21. The maximum Gasteiger partial charge on any atom is 0.263 e. The van der Waals surface area contributed by atoms with Gasteiger partial charge in [-0.2, -0.15) is 0 Å². The highest BCUT2D eigenvalue weighted by Crippen LogP contribution is 2.34. The van der Waals surface area contributed by atoms with Crippen LogP contribution in [0, 0.1) is 12.3 Å². The zero-order valence-corrected chi connectivity index (χ0v) is 11.1. The Morgan fingerprint density at radius 3 is 2.78 bits per heavy atom. The molecule has 0 radical (unpaired) electrons. The molecule has 2 rings (SSSR count). The summed E-state index contributed by atoms with van der Waals surface area (Å²) in [6.07, 6.45) is 6.68. The van der Waals surface area contributed by atoms with Crippen molar-refractivity contribution < 1.29 is 13.2 Å². The fourth-order valence-corrected chi connectivity index (χ4v) is 2.92. The maximum absolute atomic E-state index is 11.6. The molecular formula is C12H10ClNO3S. The number of ether oxygens (including phenoxy) is 1. The van der Waals surface area contributed by atoms with Gasteiger partial charge in [0.25, 0.3) is 9.05 Å². The van der Waals surface area contributed by atoms with Crippen molar-refractivity contribution in [1.29, 1.82) is 0 Å². The Bertz CT molecular complexity index is 741. The third kappa shape index (κ3) is 2.05. The predicted molar refractivity (Wildman–Crippen MR) is 70.4 cm³/mol. The van der Waals surface area contributed by atoms with Gasteiger partial charge in [0, 0.05) is 16.9 Å². The maximum atomic E-state index is 11.6. The zero-order chi connectivity index (χ0) is 13.3. The molecular weight excluding hydrogens is 274 g/mol. The normalized spacial score (nSPS) is 11.4. The summed E-state index contributed by atoms with van der Waals surface area (Å²) in [5, 5.41) is 0.449. The number of fused-ring (bicyclic) bond motifs is 1. The van der Waals surface area contributed by atoms with Gasteiger partial charge in [-0.1, -0.05) is 12.0 Å². The van der Waals surface area contributed by atoms with Crippen molar-refractivity contribution >= 4 is 30.6 Å². The van der Waals surface area contributed by atoms with Crippen LogP contribution in [-0.2, 0) is 15.6 Å². The number of aromatic nitrogens is 1. The van der Waals surface area contributed by atoms with E-state index in [0.29, 0.717) is 16.7 Å². The molecule has 0 aliphatic carbocycles. The lowest BCUT2D eigenvalue weighted by molar-refractivity contribution is 0.419. The van der Waals surface area contributed by atoms with Crippen molar-refractivity contribution in [1.82, 2.24) is 4.57 Å². The van der Waals surface area contributed by atoms with E-state index in [2.05, 4.69) is 5.92 Å². The fourth-order valence-electron chi connectivity index (χ4n) is 1.87. The number of hydrogen-bond donors (Lipinski definition) is 0. The Morgan fingerprint density at radius 2 is 2.22 bits per heavy atom. The molecule has 0 aliphatic heterocycles. The first-order valence-electron chi connectivity index (χ1n) is 5.03. The molecule has 1 aromatic heterocycles. The lowest BCUT2D eigenvalue weighted by Gasteiger charge is -2.04. The van der Waals surface area contributed by atoms with Gasteiger partial charge in [-0.25, -0.2) is 8.42 Å². The Hall–Kier alpha value is -1.64. The Labute approximate surface area is 110 Å². The molecule has 6 heteroatoms. The van der Waals surface area contributed by atoms with Crippen molar-refractivity contribution in [2.45, 2.75) is 11.4 Å². The van der Waals surface area contributed by atoms with Crippen LogP contribution in [0.4, 0.5) is 0 Å². The second-order valence-electron chi connectivity index (χ2n) is 3.62. The van der Waals surface area contributed by atoms with Crippen LogP contribution >= 0.6 is 10.7 Å². The van der Waals surface area contributed by atoms with Gasteiger partial charge in [0.1, 0.15) is 10.6 Å². The second kappa shape index (κ2) is 4.56. The lowest BCUT2D eigenvalue weighted by Crippen LogP contribution is -1.92. The van der Waals surface area contributed by atoms with Gasteiger partial charge in [-0.05, 0) is 12.1 Å². The van der Waals surface area contributed by atoms with E-state index in [1.54, 1.807) is 22.8 Å². The van der Waals surface area contributed by atoms with Gasteiger partial charge in [0.05, 0.1) is 24.6 Å². The molecule has 1 aromatic carbocycles. The summed E-state index contributed by atoms with van der Waals surface area (Å²) in [5.41, 5.74) is 0.673. The van der Waals surface area contributed by atoms with Crippen molar-refractivity contribution in [2.24, 2.45) is 0 Å². The Kier molecular flexibility index (Phi) is 3.24. The molecule has 94 valence electrons. The molecule has 0 saturated carbocycles. The number of nitrogens with zero attached hydrogens (tertiary/aromatic N) is 1. The van der Waals surface area contributed by atoms with Crippen molar-refractivity contribution in [3.8, 4) is 18.1 Å². The van der Waals surface area contributed by atoms with Gasteiger partial charge in [0.15, 0.2) is 0 Å². The highest BCUT2D eigenvalue weighted by molar-refractivity contribution is 8.14. The topological polar surface area (TPSA) is 48.3 Å². The van der Waals surface area contributed by atoms with Gasteiger partial charge in [-0.15, -0.1) is 6.42 Å². The molecule has 0 fully saturated rings. The Balaban J connectivity index is 2.91. The highest BCUT2D eigenvalue weighted by atomic mass is 35.7. The molecule has 0 unspecified atom stereocenters. The highest BCUT2D eigenvalue weighted by Gasteiger charge is 2.21. The summed E-state index contributed by atoms with van der Waals surface area (Å²) in [6.45, 7) is 0.260. The van der Waals surface area contributed by atoms with E-state index < -0.39 is 9.05 Å². The molecule has 0 amide bonds. The number of hydrogen-bond acceptors (Lipinski definition) is 3. The smallest absolute Gasteiger partial charge is 0.263 e. The van der Waals surface area contributed by atoms with E-state index >= 15 is 0 Å². The first-order valence-corrected chi connectivity index (χ1v) is 7.34. The largest absolute Gasteiger partial charge is 0.496 e. The lowest BCUT2D eigenvalue weighted by atomic mass is 10.2. The van der Waals surface area contributed by atoms with Crippen molar-refractivity contribution in [2.75, 3.05) is 7.11 Å². The van der Waals surface area contributed by atoms with E-state index in [9.17, 15) is 8.42 Å². The van der Waals surface area contributed by atoms with Crippen LogP contribution in [0.5, 0.6) is 5.75 Å². The number of terminal acetylenes is 1. The van der Waals surface area contributed by atoms with Gasteiger partial charge < -0.3 is 9.30 Å². The zero-order valence-electron chi connectivity index (χ0n) is 9.55. The molecule has 0 N–H and O–H groups in total. The van der Waals surface area contributed by atoms with Crippen molar-refractivity contribution in [3.05, 3.63) is 24.4 Å². The third-order valence-electron chi connectivity index (χ3n) is 2.58. The number of benzene rings is 1. The van der Waals surface area contributed by atoms with Crippen molar-refractivity contribution in [3.63, 3.8) is 0 Å². The molecule has 0 saturated heterocycles. The quantitative estimate of drug-likeness (QED) is 0.641. The van der Waals surface area contributed by atoms with Gasteiger partial charge in [-0.3, -0.25) is 0 Å². The van der Waals surface area contributed by atoms with Crippen LogP contribution in [-0.4, -0.2) is 20.1 Å². The van der Waals surface area contributed by atoms with Crippen LogP contribution in [0.15, 0.2) is 29.3 Å². The third-order valence-corrected chi connectivity index (χ3v) is 3.91. The summed E-state index contributed by atoms with van der Waals surface area (Å²) in [4.78, 5) is 0.00636. The first kappa shape index (κ1) is 12.8. The number of rotatable bonds is 3. The second-order valence-corrected chi connectivity index (χ2v) is 6.15. The SMILES string of the molecule is C#CCn1cc(S(=O)(=O)Cl)c2c(OC)cccc21.